The monoisotopic (exact) mass is 356 g/mol. The number of halogens is 1. The number of carbonyl (C=O) groups is 1. The summed E-state index contributed by atoms with van der Waals surface area (Å²) in [5.74, 6) is -0.0868. The minimum atomic E-state index is -0.182. The highest BCUT2D eigenvalue weighted by Gasteiger charge is 2.34. The third-order valence-corrected chi connectivity index (χ3v) is 4.97. The van der Waals surface area contributed by atoms with E-state index in [2.05, 4.69) is 27.8 Å². The summed E-state index contributed by atoms with van der Waals surface area (Å²) in [6, 6.07) is 0. The van der Waals surface area contributed by atoms with Gasteiger partial charge in [-0.2, -0.15) is 5.10 Å². The van der Waals surface area contributed by atoms with Crippen LogP contribution in [0.4, 0.5) is 0 Å². The van der Waals surface area contributed by atoms with Crippen molar-refractivity contribution in [2.24, 2.45) is 0 Å². The fourth-order valence-corrected chi connectivity index (χ4v) is 3.62. The van der Waals surface area contributed by atoms with Gasteiger partial charge in [-0.05, 0) is 19.3 Å². The van der Waals surface area contributed by atoms with E-state index < -0.39 is 0 Å². The van der Waals surface area contributed by atoms with Crippen LogP contribution >= 0.6 is 12.4 Å². The highest BCUT2D eigenvalue weighted by Crippen LogP contribution is 2.31. The van der Waals surface area contributed by atoms with Gasteiger partial charge in [-0.3, -0.25) is 9.89 Å². The minimum absolute atomic E-state index is 0. The van der Waals surface area contributed by atoms with Gasteiger partial charge in [0.1, 0.15) is 0 Å². The fraction of sp³-hybridized carbons (Fsp3) is 0.765. The van der Waals surface area contributed by atoms with E-state index in [9.17, 15) is 4.79 Å². The van der Waals surface area contributed by atoms with Crippen LogP contribution in [0.25, 0.3) is 0 Å². The smallest absolute Gasteiger partial charge is 0.272 e. The third-order valence-electron chi connectivity index (χ3n) is 4.97. The molecule has 0 bridgehead atoms. The van der Waals surface area contributed by atoms with Crippen LogP contribution in [-0.2, 0) is 17.7 Å². The number of carbonyl (C=O) groups excluding carboxylic acids is 1. The summed E-state index contributed by atoms with van der Waals surface area (Å²) in [6.07, 6.45) is 7.61. The average Bonchev–Trinajstić information content (AvgIpc) is 3.03. The number of H-pyrrole nitrogens is 1. The van der Waals surface area contributed by atoms with Gasteiger partial charge in [0.25, 0.3) is 5.91 Å². The number of nitrogens with one attached hydrogen (secondary N) is 3. The van der Waals surface area contributed by atoms with E-state index in [1.54, 1.807) is 0 Å². The normalized spacial score (nSPS) is 19.2. The second-order valence-electron chi connectivity index (χ2n) is 6.73. The zero-order valence-electron chi connectivity index (χ0n) is 14.5. The largest absolute Gasteiger partial charge is 0.373 e. The lowest BCUT2D eigenvalue weighted by atomic mass is 9.84. The zero-order chi connectivity index (χ0) is 16.1. The Kier molecular flexibility index (Phi) is 7.07. The van der Waals surface area contributed by atoms with Gasteiger partial charge < -0.3 is 15.4 Å². The standard InChI is InChI=1S/C17H28N4O2.ClH/c1-2-10-23-17(7-4-3-5-8-17)12-19-16(22)15-13-11-18-9-6-14(13)20-21-15;/h18H,2-12H2,1H3,(H,19,22)(H,20,21);1H. The number of hydrogen-bond acceptors (Lipinski definition) is 4. The van der Waals surface area contributed by atoms with E-state index in [-0.39, 0.29) is 23.9 Å². The lowest BCUT2D eigenvalue weighted by Crippen LogP contribution is -2.47. The molecule has 0 aromatic carbocycles. The maximum atomic E-state index is 12.6. The predicted octanol–water partition coefficient (Wildman–Crippen LogP) is 2.34. The van der Waals surface area contributed by atoms with Gasteiger partial charge in [0, 0.05) is 43.9 Å². The molecule has 0 spiro atoms. The van der Waals surface area contributed by atoms with Crippen molar-refractivity contribution in [2.75, 3.05) is 19.7 Å². The van der Waals surface area contributed by atoms with Crippen LogP contribution < -0.4 is 10.6 Å². The molecular formula is C17H29ClN4O2. The van der Waals surface area contributed by atoms with Gasteiger partial charge in [-0.15, -0.1) is 12.4 Å². The van der Waals surface area contributed by atoms with Gasteiger partial charge in [0.15, 0.2) is 5.69 Å². The number of ether oxygens (including phenoxy) is 1. The highest BCUT2D eigenvalue weighted by atomic mass is 35.5. The van der Waals surface area contributed by atoms with Crippen molar-refractivity contribution in [1.82, 2.24) is 20.8 Å². The molecule has 0 atom stereocenters. The van der Waals surface area contributed by atoms with Gasteiger partial charge in [0.2, 0.25) is 0 Å². The lowest BCUT2D eigenvalue weighted by Gasteiger charge is -2.37. The molecule has 24 heavy (non-hydrogen) atoms. The first-order valence-corrected chi connectivity index (χ1v) is 8.93. The molecule has 0 saturated heterocycles. The second-order valence-corrected chi connectivity index (χ2v) is 6.73. The van der Waals surface area contributed by atoms with Crippen molar-refractivity contribution in [2.45, 2.75) is 64.0 Å². The molecule has 1 saturated carbocycles. The van der Waals surface area contributed by atoms with Crippen LogP contribution in [0.15, 0.2) is 0 Å². The third kappa shape index (κ3) is 4.29. The summed E-state index contributed by atoms with van der Waals surface area (Å²) in [5.41, 5.74) is 2.46. The molecule has 3 rings (SSSR count). The van der Waals surface area contributed by atoms with E-state index in [0.717, 1.165) is 50.1 Å². The SMILES string of the molecule is CCCOC1(CNC(=O)c2n[nH]c3c2CNCC3)CCCCC1.Cl. The Bertz CT molecular complexity index is 541. The van der Waals surface area contributed by atoms with Crippen molar-refractivity contribution < 1.29 is 9.53 Å². The van der Waals surface area contributed by atoms with Crippen LogP contribution in [0.1, 0.15) is 67.2 Å². The number of hydrogen-bond donors (Lipinski definition) is 3. The molecule has 2 heterocycles. The molecular weight excluding hydrogens is 328 g/mol. The lowest BCUT2D eigenvalue weighted by molar-refractivity contribution is -0.0669. The number of rotatable bonds is 6. The molecule has 1 fully saturated rings. The zero-order valence-corrected chi connectivity index (χ0v) is 15.3. The van der Waals surface area contributed by atoms with E-state index >= 15 is 0 Å². The summed E-state index contributed by atoms with van der Waals surface area (Å²) in [4.78, 5) is 12.6. The summed E-state index contributed by atoms with van der Waals surface area (Å²) in [6.45, 7) is 5.12. The number of aromatic amines is 1. The van der Waals surface area contributed by atoms with Gasteiger partial charge in [0.05, 0.1) is 5.60 Å². The highest BCUT2D eigenvalue weighted by molar-refractivity contribution is 5.94. The van der Waals surface area contributed by atoms with E-state index in [0.29, 0.717) is 18.8 Å². The van der Waals surface area contributed by atoms with Crippen LogP contribution in [0.3, 0.4) is 0 Å². The number of nitrogens with zero attached hydrogens (tertiary/aromatic N) is 1. The van der Waals surface area contributed by atoms with Crippen LogP contribution in [0.5, 0.6) is 0 Å². The Morgan fingerprint density at radius 1 is 1.33 bits per heavy atom. The first-order valence-electron chi connectivity index (χ1n) is 8.93. The second kappa shape index (κ2) is 8.83. The summed E-state index contributed by atoms with van der Waals surface area (Å²) < 4.78 is 6.14. The van der Waals surface area contributed by atoms with Gasteiger partial charge in [-0.1, -0.05) is 26.2 Å². The summed E-state index contributed by atoms with van der Waals surface area (Å²) in [7, 11) is 0. The summed E-state index contributed by atoms with van der Waals surface area (Å²) in [5, 5.41) is 13.6. The van der Waals surface area contributed by atoms with Crippen molar-refractivity contribution in [3.63, 3.8) is 0 Å². The maximum Gasteiger partial charge on any atom is 0.272 e. The first-order chi connectivity index (χ1) is 11.2. The van der Waals surface area contributed by atoms with Crippen LogP contribution in [0.2, 0.25) is 0 Å². The molecule has 1 aliphatic heterocycles. The van der Waals surface area contributed by atoms with Crippen molar-refractivity contribution in [3.8, 4) is 0 Å². The van der Waals surface area contributed by atoms with Crippen LogP contribution in [-0.4, -0.2) is 41.4 Å². The number of fused-ring (bicyclic) bond motifs is 1. The average molecular weight is 357 g/mol. The molecule has 1 amide bonds. The number of aromatic nitrogens is 2. The Morgan fingerprint density at radius 3 is 2.88 bits per heavy atom. The Balaban J connectivity index is 0.00000208. The quantitative estimate of drug-likeness (QED) is 0.731. The first kappa shape index (κ1) is 19.2. The number of amides is 1. The van der Waals surface area contributed by atoms with Gasteiger partial charge >= 0.3 is 0 Å². The van der Waals surface area contributed by atoms with E-state index in [1.807, 2.05) is 0 Å². The molecule has 1 aromatic rings. The van der Waals surface area contributed by atoms with Crippen LogP contribution in [0, 0.1) is 0 Å². The molecule has 6 nitrogen and oxygen atoms in total. The molecule has 0 radical (unpaired) electrons. The van der Waals surface area contributed by atoms with Crippen molar-refractivity contribution in [3.05, 3.63) is 17.0 Å². The van der Waals surface area contributed by atoms with E-state index in [4.69, 9.17) is 4.74 Å². The topological polar surface area (TPSA) is 79.0 Å². The Morgan fingerprint density at radius 2 is 2.12 bits per heavy atom. The molecule has 136 valence electrons. The maximum absolute atomic E-state index is 12.6. The fourth-order valence-electron chi connectivity index (χ4n) is 3.62. The molecule has 1 aliphatic carbocycles. The Labute approximate surface area is 149 Å². The molecule has 1 aromatic heterocycles. The van der Waals surface area contributed by atoms with Crippen molar-refractivity contribution >= 4 is 18.3 Å². The van der Waals surface area contributed by atoms with E-state index in [1.165, 1.54) is 19.3 Å². The minimum Gasteiger partial charge on any atom is -0.373 e. The van der Waals surface area contributed by atoms with Gasteiger partial charge in [-0.25, -0.2) is 0 Å². The predicted molar refractivity (Wildman–Crippen MR) is 95.6 cm³/mol. The molecule has 3 N–H and O–H groups in total. The molecule has 7 heteroatoms. The Hall–Kier alpha value is -1.11. The molecule has 0 unspecified atom stereocenters. The molecule has 2 aliphatic rings. The van der Waals surface area contributed by atoms with Crippen molar-refractivity contribution in [1.29, 1.82) is 0 Å². The summed E-state index contributed by atoms with van der Waals surface area (Å²) >= 11 is 0.